The zero-order valence-corrected chi connectivity index (χ0v) is 16.3. The molecular formula is C17H22N4O2S2. The van der Waals surface area contributed by atoms with Gasteiger partial charge in [-0.25, -0.2) is 9.78 Å². The largest absolute Gasteiger partial charge is 0.444 e. The first kappa shape index (κ1) is 17.9. The summed E-state index contributed by atoms with van der Waals surface area (Å²) in [7, 11) is 0. The summed E-state index contributed by atoms with van der Waals surface area (Å²) in [6, 6.07) is 2.03. The van der Waals surface area contributed by atoms with Crippen molar-refractivity contribution >= 4 is 41.1 Å². The van der Waals surface area contributed by atoms with E-state index in [0.717, 1.165) is 22.0 Å². The number of fused-ring (bicyclic) bond motifs is 1. The van der Waals surface area contributed by atoms with Crippen molar-refractivity contribution in [1.29, 1.82) is 0 Å². The van der Waals surface area contributed by atoms with Crippen molar-refractivity contribution in [3.05, 3.63) is 40.1 Å². The summed E-state index contributed by atoms with van der Waals surface area (Å²) < 4.78 is 7.34. The third-order valence-corrected chi connectivity index (χ3v) is 5.33. The molecule has 0 aliphatic carbocycles. The van der Waals surface area contributed by atoms with E-state index in [-0.39, 0.29) is 5.37 Å². The second-order valence-electron chi connectivity index (χ2n) is 6.63. The fourth-order valence-electron chi connectivity index (χ4n) is 2.50. The first-order valence-corrected chi connectivity index (χ1v) is 10.1. The van der Waals surface area contributed by atoms with Gasteiger partial charge in [0.05, 0.1) is 10.6 Å². The van der Waals surface area contributed by atoms with E-state index in [1.165, 1.54) is 0 Å². The number of nitrogens with zero attached hydrogens (tertiary/aromatic N) is 2. The van der Waals surface area contributed by atoms with E-state index < -0.39 is 11.7 Å². The summed E-state index contributed by atoms with van der Waals surface area (Å²) in [6.07, 6.45) is 7.44. The Morgan fingerprint density at radius 2 is 2.32 bits per heavy atom. The Labute approximate surface area is 155 Å². The molecule has 0 fully saturated rings. The Hall–Kier alpha value is -1.93. The molecule has 0 spiro atoms. The van der Waals surface area contributed by atoms with Gasteiger partial charge in [0.2, 0.25) is 0 Å². The lowest BCUT2D eigenvalue weighted by atomic mass is 10.2. The number of ether oxygens (including phenoxy) is 1. The normalized spacial score (nSPS) is 16.6. The first-order chi connectivity index (χ1) is 11.9. The van der Waals surface area contributed by atoms with Gasteiger partial charge in [0, 0.05) is 25.1 Å². The van der Waals surface area contributed by atoms with E-state index in [0.29, 0.717) is 6.54 Å². The molecule has 2 N–H and O–H groups in total. The van der Waals surface area contributed by atoms with Gasteiger partial charge < -0.3 is 19.9 Å². The molecule has 2 aromatic heterocycles. The number of thioether (sulfide) groups is 1. The van der Waals surface area contributed by atoms with Gasteiger partial charge in [0.15, 0.2) is 0 Å². The van der Waals surface area contributed by atoms with Crippen LogP contribution in [0.1, 0.15) is 42.4 Å². The molecule has 3 heterocycles. The van der Waals surface area contributed by atoms with Gasteiger partial charge in [-0.3, -0.25) is 0 Å². The van der Waals surface area contributed by atoms with E-state index in [1.54, 1.807) is 29.3 Å². The number of hydrogen-bond donors (Lipinski definition) is 2. The Kier molecular flexibility index (Phi) is 5.10. The fraction of sp³-hybridized carbons (Fsp3) is 0.412. The number of nitrogens with one attached hydrogen (secondary N) is 2. The minimum absolute atomic E-state index is 0.101. The van der Waals surface area contributed by atoms with E-state index in [1.807, 2.05) is 49.2 Å². The molecule has 0 bridgehead atoms. The molecule has 0 aromatic carbocycles. The van der Waals surface area contributed by atoms with Crippen molar-refractivity contribution in [3.8, 4) is 0 Å². The average Bonchev–Trinajstić information content (AvgIpc) is 3.18. The van der Waals surface area contributed by atoms with Crippen molar-refractivity contribution in [1.82, 2.24) is 20.2 Å². The molecule has 3 rings (SSSR count). The van der Waals surface area contributed by atoms with Gasteiger partial charge in [-0.05, 0) is 44.0 Å². The maximum atomic E-state index is 11.9. The summed E-state index contributed by atoms with van der Waals surface area (Å²) in [5, 5.41) is 8.48. The molecule has 25 heavy (non-hydrogen) atoms. The Morgan fingerprint density at radius 3 is 3.04 bits per heavy atom. The van der Waals surface area contributed by atoms with Crippen LogP contribution in [0.3, 0.4) is 0 Å². The molecule has 2 aromatic rings. The Bertz CT molecular complexity index is 789. The SMILES string of the molecule is CSC1NC(c2sccc2CNC(=O)OC(C)(C)C)=Cn2ccnc21. The van der Waals surface area contributed by atoms with Crippen LogP contribution in [0.25, 0.3) is 11.9 Å². The molecule has 0 saturated carbocycles. The first-order valence-electron chi connectivity index (χ1n) is 7.95. The Balaban J connectivity index is 1.75. The Morgan fingerprint density at radius 1 is 1.52 bits per heavy atom. The van der Waals surface area contributed by atoms with Crippen LogP contribution < -0.4 is 10.6 Å². The molecule has 134 valence electrons. The highest BCUT2D eigenvalue weighted by Gasteiger charge is 2.24. The van der Waals surface area contributed by atoms with Crippen molar-refractivity contribution in [2.24, 2.45) is 0 Å². The number of carbonyl (C=O) groups is 1. The number of amides is 1. The number of imidazole rings is 1. The predicted molar refractivity (Wildman–Crippen MR) is 103 cm³/mol. The number of thiophene rings is 1. The van der Waals surface area contributed by atoms with Crippen molar-refractivity contribution in [3.63, 3.8) is 0 Å². The van der Waals surface area contributed by atoms with Crippen LogP contribution in [0.4, 0.5) is 4.79 Å². The van der Waals surface area contributed by atoms with Gasteiger partial charge in [-0.2, -0.15) is 0 Å². The summed E-state index contributed by atoms with van der Waals surface area (Å²) in [4.78, 5) is 17.4. The highest BCUT2D eigenvalue weighted by Crippen LogP contribution is 2.34. The average molecular weight is 379 g/mol. The molecule has 1 unspecified atom stereocenters. The topological polar surface area (TPSA) is 68.2 Å². The lowest BCUT2D eigenvalue weighted by Gasteiger charge is -2.25. The summed E-state index contributed by atoms with van der Waals surface area (Å²) in [5.74, 6) is 0.987. The minimum atomic E-state index is -0.502. The van der Waals surface area contributed by atoms with Crippen LogP contribution in [0.2, 0.25) is 0 Å². The summed E-state index contributed by atoms with van der Waals surface area (Å²) in [5.41, 5.74) is 1.58. The highest BCUT2D eigenvalue weighted by atomic mass is 32.2. The van der Waals surface area contributed by atoms with Crippen molar-refractivity contribution < 1.29 is 9.53 Å². The second-order valence-corrected chi connectivity index (χ2v) is 8.48. The van der Waals surface area contributed by atoms with Crippen LogP contribution in [0.5, 0.6) is 0 Å². The van der Waals surface area contributed by atoms with Gasteiger partial charge in [-0.1, -0.05) is 0 Å². The molecule has 1 atom stereocenters. The standard InChI is InChI=1S/C17H22N4O2S2/c1-17(2,3)23-16(22)19-9-11-5-8-25-13(11)12-10-21-7-6-18-14(21)15(20-12)24-4/h5-8,10,15,20H,9H2,1-4H3,(H,19,22). The van der Waals surface area contributed by atoms with E-state index in [9.17, 15) is 4.79 Å². The molecular weight excluding hydrogens is 356 g/mol. The van der Waals surface area contributed by atoms with Crippen molar-refractivity contribution in [2.75, 3.05) is 6.26 Å². The summed E-state index contributed by atoms with van der Waals surface area (Å²) >= 11 is 3.35. The second kappa shape index (κ2) is 7.13. The molecule has 0 saturated heterocycles. The third-order valence-electron chi connectivity index (χ3n) is 3.54. The van der Waals surface area contributed by atoms with Crippen LogP contribution in [0, 0.1) is 0 Å². The zero-order valence-electron chi connectivity index (χ0n) is 14.7. The smallest absolute Gasteiger partial charge is 0.407 e. The number of carbonyl (C=O) groups excluding carboxylic acids is 1. The van der Waals surface area contributed by atoms with E-state index in [4.69, 9.17) is 4.74 Å². The highest BCUT2D eigenvalue weighted by molar-refractivity contribution is 7.98. The maximum absolute atomic E-state index is 11.9. The van der Waals surface area contributed by atoms with Crippen LogP contribution in [-0.4, -0.2) is 27.5 Å². The number of rotatable bonds is 4. The van der Waals surface area contributed by atoms with Gasteiger partial charge >= 0.3 is 6.09 Å². The molecule has 1 amide bonds. The fourth-order valence-corrected chi connectivity index (χ4v) is 4.04. The quantitative estimate of drug-likeness (QED) is 0.845. The molecule has 1 aliphatic rings. The van der Waals surface area contributed by atoms with E-state index >= 15 is 0 Å². The molecule has 1 aliphatic heterocycles. The molecule has 6 nitrogen and oxygen atoms in total. The van der Waals surface area contributed by atoms with Crippen LogP contribution >= 0.6 is 23.1 Å². The molecule has 8 heteroatoms. The summed E-state index contributed by atoms with van der Waals surface area (Å²) in [6.45, 7) is 5.98. The maximum Gasteiger partial charge on any atom is 0.407 e. The number of aromatic nitrogens is 2. The molecule has 0 radical (unpaired) electrons. The minimum Gasteiger partial charge on any atom is -0.444 e. The monoisotopic (exact) mass is 378 g/mol. The number of alkyl carbamates (subject to hydrolysis) is 1. The van der Waals surface area contributed by atoms with Gasteiger partial charge in [-0.15, -0.1) is 23.1 Å². The van der Waals surface area contributed by atoms with Crippen LogP contribution in [0.15, 0.2) is 23.8 Å². The van der Waals surface area contributed by atoms with Gasteiger partial charge in [0.1, 0.15) is 16.8 Å². The van der Waals surface area contributed by atoms with Gasteiger partial charge in [0.25, 0.3) is 0 Å². The van der Waals surface area contributed by atoms with E-state index in [2.05, 4.69) is 21.9 Å². The lowest BCUT2D eigenvalue weighted by molar-refractivity contribution is 0.0523. The lowest BCUT2D eigenvalue weighted by Crippen LogP contribution is -2.32. The third kappa shape index (κ3) is 4.19. The predicted octanol–water partition coefficient (Wildman–Crippen LogP) is 3.89. The van der Waals surface area contributed by atoms with Crippen LogP contribution in [-0.2, 0) is 11.3 Å². The zero-order chi connectivity index (χ0) is 18.0. The van der Waals surface area contributed by atoms with Crippen molar-refractivity contribution in [2.45, 2.75) is 38.3 Å². The number of hydrogen-bond acceptors (Lipinski definition) is 6.